The van der Waals surface area contributed by atoms with Gasteiger partial charge in [0.05, 0.1) is 11.9 Å². The molecular weight excluding hydrogens is 224 g/mol. The molecule has 0 radical (unpaired) electrons. The molecule has 1 rings (SSSR count). The van der Waals surface area contributed by atoms with Crippen LogP contribution >= 0.6 is 0 Å². The van der Waals surface area contributed by atoms with E-state index in [0.717, 1.165) is 19.3 Å². The average Bonchev–Trinajstić information content (AvgIpc) is 2.19. The molecule has 0 spiro atoms. The van der Waals surface area contributed by atoms with E-state index in [4.69, 9.17) is 0 Å². The molecule has 0 aromatic carbocycles. The third-order valence-corrected chi connectivity index (χ3v) is 5.41. The average molecular weight is 248 g/mol. The number of rotatable bonds is 5. The monoisotopic (exact) mass is 248 g/mol. The molecule has 4 heteroatoms. The first-order chi connectivity index (χ1) is 7.44. The molecule has 0 amide bonds. The Morgan fingerprint density at radius 3 is 2.56 bits per heavy atom. The molecule has 3 atom stereocenters. The lowest BCUT2D eigenvalue weighted by Gasteiger charge is -2.31. The molecule has 96 valence electrons. The molecule has 1 aliphatic carbocycles. The molecule has 0 heterocycles. The van der Waals surface area contributed by atoms with Crippen LogP contribution in [0.1, 0.15) is 46.0 Å². The molecule has 0 saturated heterocycles. The molecule has 3 unspecified atom stereocenters. The van der Waals surface area contributed by atoms with E-state index in [1.165, 1.54) is 0 Å². The summed E-state index contributed by atoms with van der Waals surface area (Å²) in [5.74, 6) is 1.35. The smallest absolute Gasteiger partial charge is 0.150 e. The van der Waals surface area contributed by atoms with E-state index in [9.17, 15) is 13.5 Å². The second-order valence-electron chi connectivity index (χ2n) is 5.19. The highest BCUT2D eigenvalue weighted by molar-refractivity contribution is 7.91. The molecule has 0 aromatic rings. The lowest BCUT2D eigenvalue weighted by atomic mass is 9.79. The molecule has 1 fully saturated rings. The Morgan fingerprint density at radius 1 is 1.25 bits per heavy atom. The maximum absolute atomic E-state index is 11.6. The van der Waals surface area contributed by atoms with Gasteiger partial charge in [-0.3, -0.25) is 0 Å². The van der Waals surface area contributed by atoms with Crippen LogP contribution in [0, 0.1) is 11.8 Å². The van der Waals surface area contributed by atoms with Crippen molar-refractivity contribution >= 4 is 9.84 Å². The number of sulfone groups is 1. The number of aliphatic hydroxyl groups is 1. The Labute approximate surface area is 99.2 Å². The first-order valence-corrected chi connectivity index (χ1v) is 8.15. The summed E-state index contributed by atoms with van der Waals surface area (Å²) in [7, 11) is -2.88. The highest BCUT2D eigenvalue weighted by atomic mass is 32.2. The van der Waals surface area contributed by atoms with Crippen molar-refractivity contribution in [3.63, 3.8) is 0 Å². The summed E-state index contributed by atoms with van der Waals surface area (Å²) >= 11 is 0. The largest absolute Gasteiger partial charge is 0.393 e. The van der Waals surface area contributed by atoms with Crippen molar-refractivity contribution < 1.29 is 13.5 Å². The summed E-state index contributed by atoms with van der Waals surface area (Å²) in [5.41, 5.74) is 0. The van der Waals surface area contributed by atoms with Crippen molar-refractivity contribution in [1.29, 1.82) is 0 Å². The summed E-state index contributed by atoms with van der Waals surface area (Å²) in [5, 5.41) is 9.82. The summed E-state index contributed by atoms with van der Waals surface area (Å²) in [6, 6.07) is 0. The van der Waals surface area contributed by atoms with Gasteiger partial charge >= 0.3 is 0 Å². The molecule has 3 nitrogen and oxygen atoms in total. The van der Waals surface area contributed by atoms with Crippen molar-refractivity contribution in [1.82, 2.24) is 0 Å². The molecule has 0 aromatic heterocycles. The van der Waals surface area contributed by atoms with Crippen LogP contribution in [0.4, 0.5) is 0 Å². The summed E-state index contributed by atoms with van der Waals surface area (Å²) < 4.78 is 23.2. The minimum atomic E-state index is -2.88. The van der Waals surface area contributed by atoms with Crippen LogP contribution in [0.3, 0.4) is 0 Å². The van der Waals surface area contributed by atoms with E-state index in [2.05, 4.69) is 6.92 Å². The predicted molar refractivity (Wildman–Crippen MR) is 66.1 cm³/mol. The van der Waals surface area contributed by atoms with E-state index in [0.29, 0.717) is 18.8 Å². The van der Waals surface area contributed by atoms with Gasteiger partial charge in [0, 0.05) is 5.75 Å². The number of aliphatic hydroxyl groups excluding tert-OH is 1. The zero-order valence-corrected chi connectivity index (χ0v) is 11.2. The third-order valence-electron chi connectivity index (χ3n) is 3.52. The van der Waals surface area contributed by atoms with Crippen molar-refractivity contribution in [3.05, 3.63) is 0 Å². The highest BCUT2D eigenvalue weighted by Gasteiger charge is 2.27. The fraction of sp³-hybridized carbons (Fsp3) is 1.00. The Morgan fingerprint density at radius 2 is 1.94 bits per heavy atom. The van der Waals surface area contributed by atoms with E-state index in [1.807, 2.05) is 6.92 Å². The van der Waals surface area contributed by atoms with Crippen LogP contribution < -0.4 is 0 Å². The molecule has 1 saturated carbocycles. The predicted octanol–water partition coefficient (Wildman–Crippen LogP) is 2.00. The lowest BCUT2D eigenvalue weighted by molar-refractivity contribution is 0.0503. The second kappa shape index (κ2) is 6.01. The van der Waals surface area contributed by atoms with Gasteiger partial charge < -0.3 is 5.11 Å². The molecule has 16 heavy (non-hydrogen) atoms. The Kier molecular flexibility index (Phi) is 5.25. The maximum atomic E-state index is 11.6. The van der Waals surface area contributed by atoms with E-state index in [1.54, 1.807) is 0 Å². The number of hydrogen-bond donors (Lipinski definition) is 1. The van der Waals surface area contributed by atoms with E-state index >= 15 is 0 Å². The molecular formula is C12H24O3S. The van der Waals surface area contributed by atoms with Gasteiger partial charge in [-0.1, -0.05) is 13.8 Å². The van der Waals surface area contributed by atoms with Gasteiger partial charge in [0.25, 0.3) is 0 Å². The van der Waals surface area contributed by atoms with Gasteiger partial charge in [-0.15, -0.1) is 0 Å². The minimum Gasteiger partial charge on any atom is -0.393 e. The van der Waals surface area contributed by atoms with Crippen molar-refractivity contribution in [2.24, 2.45) is 11.8 Å². The van der Waals surface area contributed by atoms with Gasteiger partial charge in [-0.25, -0.2) is 8.42 Å². The minimum absolute atomic E-state index is 0.190. The highest BCUT2D eigenvalue weighted by Crippen LogP contribution is 2.31. The molecule has 1 aliphatic rings. The van der Waals surface area contributed by atoms with Crippen molar-refractivity contribution in [2.45, 2.75) is 52.1 Å². The molecule has 1 N–H and O–H groups in total. The van der Waals surface area contributed by atoms with E-state index < -0.39 is 9.84 Å². The van der Waals surface area contributed by atoms with Gasteiger partial charge in [0.15, 0.2) is 0 Å². The molecule has 0 aliphatic heterocycles. The van der Waals surface area contributed by atoms with Crippen LogP contribution in [-0.4, -0.2) is 31.1 Å². The van der Waals surface area contributed by atoms with Crippen LogP contribution in [0.2, 0.25) is 0 Å². The normalized spacial score (nSPS) is 31.6. The zero-order valence-electron chi connectivity index (χ0n) is 10.4. The quantitative estimate of drug-likeness (QED) is 0.809. The summed E-state index contributed by atoms with van der Waals surface area (Å²) in [4.78, 5) is 0. The summed E-state index contributed by atoms with van der Waals surface area (Å²) in [6.45, 7) is 4.06. The van der Waals surface area contributed by atoms with Gasteiger partial charge in [0.1, 0.15) is 9.84 Å². The van der Waals surface area contributed by atoms with Crippen LogP contribution in [-0.2, 0) is 9.84 Å². The Bertz CT molecular complexity index is 297. The van der Waals surface area contributed by atoms with Crippen molar-refractivity contribution in [3.8, 4) is 0 Å². The van der Waals surface area contributed by atoms with Crippen molar-refractivity contribution in [2.75, 3.05) is 11.5 Å². The van der Waals surface area contributed by atoms with Gasteiger partial charge in [-0.2, -0.15) is 0 Å². The van der Waals surface area contributed by atoms with Crippen LogP contribution in [0.15, 0.2) is 0 Å². The van der Waals surface area contributed by atoms with E-state index in [-0.39, 0.29) is 23.5 Å². The SMILES string of the molecule is CCCS(=O)(=O)CCC1CC(C)CCC1O. The fourth-order valence-corrected chi connectivity index (χ4v) is 4.02. The topological polar surface area (TPSA) is 54.4 Å². The standard InChI is InChI=1S/C12H24O3S/c1-3-7-16(14,15)8-6-11-9-10(2)4-5-12(11)13/h10-13H,3-9H2,1-2H3. The van der Waals surface area contributed by atoms with Crippen LogP contribution in [0.5, 0.6) is 0 Å². The number of hydrogen-bond acceptors (Lipinski definition) is 3. The first-order valence-electron chi connectivity index (χ1n) is 6.33. The summed E-state index contributed by atoms with van der Waals surface area (Å²) in [6.07, 6.45) is 3.91. The Hall–Kier alpha value is -0.0900. The third kappa shape index (κ3) is 4.42. The fourth-order valence-electron chi connectivity index (χ4n) is 2.54. The van der Waals surface area contributed by atoms with Gasteiger partial charge in [0.2, 0.25) is 0 Å². The first kappa shape index (κ1) is 14.0. The van der Waals surface area contributed by atoms with Gasteiger partial charge in [-0.05, 0) is 43.9 Å². The lowest BCUT2D eigenvalue weighted by Crippen LogP contribution is -2.30. The second-order valence-corrected chi connectivity index (χ2v) is 7.49. The van der Waals surface area contributed by atoms with Crippen LogP contribution in [0.25, 0.3) is 0 Å². The zero-order chi connectivity index (χ0) is 12.2. The maximum Gasteiger partial charge on any atom is 0.150 e. The Balaban J connectivity index is 2.41. The molecule has 0 bridgehead atoms.